The molecule has 2 aliphatic rings. The minimum absolute atomic E-state index is 0.0301. The molecule has 0 radical (unpaired) electrons. The van der Waals surface area contributed by atoms with Crippen LogP contribution in [0.25, 0.3) is 5.69 Å². The predicted molar refractivity (Wildman–Crippen MR) is 136 cm³/mol. The number of rotatable bonds is 4. The smallest absolute Gasteiger partial charge is 0.271 e. The van der Waals surface area contributed by atoms with Gasteiger partial charge in [-0.05, 0) is 86.4 Å². The summed E-state index contributed by atoms with van der Waals surface area (Å²) in [6.45, 7) is 3.35. The molecule has 3 aromatic rings. The fourth-order valence-corrected chi connectivity index (χ4v) is 5.15. The third-order valence-electron chi connectivity index (χ3n) is 7.03. The van der Waals surface area contributed by atoms with Crippen molar-refractivity contribution in [2.24, 2.45) is 5.92 Å². The van der Waals surface area contributed by atoms with E-state index in [4.69, 9.17) is 11.6 Å². The first-order chi connectivity index (χ1) is 16.5. The summed E-state index contributed by atoms with van der Waals surface area (Å²) in [5.74, 6) is 0.802. The van der Waals surface area contributed by atoms with Gasteiger partial charge in [-0.15, -0.1) is 5.10 Å². The van der Waals surface area contributed by atoms with Crippen molar-refractivity contribution in [1.82, 2.24) is 9.78 Å². The van der Waals surface area contributed by atoms with Crippen LogP contribution in [0.15, 0.2) is 53.3 Å². The zero-order valence-electron chi connectivity index (χ0n) is 19.4. The van der Waals surface area contributed by atoms with Crippen LogP contribution in [0.3, 0.4) is 0 Å². The zero-order valence-corrected chi connectivity index (χ0v) is 20.1. The van der Waals surface area contributed by atoms with E-state index in [-0.39, 0.29) is 17.4 Å². The number of fused-ring (bicyclic) bond motifs is 1. The van der Waals surface area contributed by atoms with Gasteiger partial charge in [-0.25, -0.2) is 0 Å². The number of hydrogen-bond acceptors (Lipinski definition) is 4. The Morgan fingerprint density at radius 3 is 2.65 bits per heavy atom. The topological polar surface area (TPSA) is 67.2 Å². The zero-order chi connectivity index (χ0) is 23.7. The van der Waals surface area contributed by atoms with Crippen molar-refractivity contribution in [1.29, 1.82) is 0 Å². The van der Waals surface area contributed by atoms with Crippen LogP contribution in [0.1, 0.15) is 42.4 Å². The van der Waals surface area contributed by atoms with Crippen molar-refractivity contribution in [2.45, 2.75) is 45.4 Å². The van der Waals surface area contributed by atoms with Gasteiger partial charge >= 0.3 is 0 Å². The number of carbonyl (C=O) groups is 1. The van der Waals surface area contributed by atoms with Crippen LogP contribution in [0, 0.1) is 12.8 Å². The van der Waals surface area contributed by atoms with Gasteiger partial charge in [-0.3, -0.25) is 9.59 Å². The van der Waals surface area contributed by atoms with E-state index in [0.29, 0.717) is 23.8 Å². The second kappa shape index (κ2) is 9.63. The number of benzene rings is 2. The maximum absolute atomic E-state index is 13.0. The Kier molecular flexibility index (Phi) is 6.42. The molecule has 5 rings (SSSR count). The minimum atomic E-state index is -0.205. The molecule has 1 aromatic heterocycles. The predicted octanol–water partition coefficient (Wildman–Crippen LogP) is 4.93. The quantitative estimate of drug-likeness (QED) is 0.579. The van der Waals surface area contributed by atoms with Crippen LogP contribution < -0.4 is 15.8 Å². The summed E-state index contributed by atoms with van der Waals surface area (Å²) >= 11 is 6.26. The third kappa shape index (κ3) is 4.60. The molecule has 7 heteroatoms. The standard InChI is InChI=1S/C27H29ClN4O2/c1-18-9-10-21(17-23(18)28)32-26(33)12-11-25(30-32)31-15-13-20(14-16-31)27(34)29-24-8-4-6-19-5-2-3-7-22(19)24/h4,6,8-12,17,20H,2-3,5,7,13-16H2,1H3,(H,29,34). The maximum atomic E-state index is 13.0. The Balaban J connectivity index is 1.26. The highest BCUT2D eigenvalue weighted by molar-refractivity contribution is 6.31. The SMILES string of the molecule is Cc1ccc(-n2nc(N3CCC(C(=O)Nc4cccc5c4CCCC5)CC3)ccc2=O)cc1Cl. The van der Waals surface area contributed by atoms with Crippen LogP contribution >= 0.6 is 11.6 Å². The molecular formula is C27H29ClN4O2. The van der Waals surface area contributed by atoms with Gasteiger partial charge < -0.3 is 10.2 Å². The number of amides is 1. The summed E-state index contributed by atoms with van der Waals surface area (Å²) in [4.78, 5) is 27.6. The lowest BCUT2D eigenvalue weighted by atomic mass is 9.90. The van der Waals surface area contributed by atoms with Gasteiger partial charge in [-0.1, -0.05) is 29.8 Å². The summed E-state index contributed by atoms with van der Waals surface area (Å²) in [7, 11) is 0. The van der Waals surface area contributed by atoms with Crippen LogP contribution in [-0.2, 0) is 17.6 Å². The number of nitrogens with one attached hydrogen (secondary N) is 1. The number of piperidine rings is 1. The van der Waals surface area contributed by atoms with Crippen LogP contribution in [-0.4, -0.2) is 28.8 Å². The van der Waals surface area contributed by atoms with Crippen LogP contribution in [0.4, 0.5) is 11.5 Å². The lowest BCUT2D eigenvalue weighted by Crippen LogP contribution is -2.39. The van der Waals surface area contributed by atoms with Crippen LogP contribution in [0.2, 0.25) is 5.02 Å². The molecular weight excluding hydrogens is 448 g/mol. The van der Waals surface area contributed by atoms with Gasteiger partial charge in [0.25, 0.3) is 5.56 Å². The summed E-state index contributed by atoms with van der Waals surface area (Å²) in [5.41, 5.74) is 5.05. The van der Waals surface area contributed by atoms with Gasteiger partial charge in [0.05, 0.1) is 5.69 Å². The average Bonchev–Trinajstić information content (AvgIpc) is 2.86. The Bertz CT molecular complexity index is 1280. The van der Waals surface area contributed by atoms with Gasteiger partial charge in [-0.2, -0.15) is 4.68 Å². The van der Waals surface area contributed by atoms with Crippen molar-refractivity contribution < 1.29 is 4.79 Å². The maximum Gasteiger partial charge on any atom is 0.271 e. The second-order valence-corrected chi connectivity index (χ2v) is 9.68. The molecule has 0 saturated carbocycles. The van der Waals surface area contributed by atoms with E-state index in [1.165, 1.54) is 34.7 Å². The lowest BCUT2D eigenvalue weighted by Gasteiger charge is -2.32. The molecule has 2 heterocycles. The fraction of sp³-hybridized carbons (Fsp3) is 0.370. The third-order valence-corrected chi connectivity index (χ3v) is 7.44. The largest absolute Gasteiger partial charge is 0.355 e. The number of aromatic nitrogens is 2. The van der Waals surface area contributed by atoms with Crippen molar-refractivity contribution in [2.75, 3.05) is 23.3 Å². The number of carbonyl (C=O) groups excluding carboxylic acids is 1. The molecule has 2 aromatic carbocycles. The molecule has 1 N–H and O–H groups in total. The van der Waals surface area contributed by atoms with E-state index in [2.05, 4.69) is 21.4 Å². The summed E-state index contributed by atoms with van der Waals surface area (Å²) in [6, 6.07) is 15.0. The molecule has 1 fully saturated rings. The molecule has 0 atom stereocenters. The first-order valence-corrected chi connectivity index (χ1v) is 12.4. The van der Waals surface area contributed by atoms with Crippen molar-refractivity contribution >= 4 is 29.0 Å². The highest BCUT2D eigenvalue weighted by Crippen LogP contribution is 2.29. The number of aryl methyl sites for hydroxylation is 2. The normalized spacial score (nSPS) is 16.2. The monoisotopic (exact) mass is 476 g/mol. The van der Waals surface area contributed by atoms with E-state index in [9.17, 15) is 9.59 Å². The highest BCUT2D eigenvalue weighted by Gasteiger charge is 2.27. The van der Waals surface area contributed by atoms with Gasteiger partial charge in [0.15, 0.2) is 0 Å². The van der Waals surface area contributed by atoms with E-state index in [1.807, 2.05) is 31.2 Å². The highest BCUT2D eigenvalue weighted by atomic mass is 35.5. The molecule has 1 amide bonds. The molecule has 176 valence electrons. The first kappa shape index (κ1) is 22.7. The Hall–Kier alpha value is -3.12. The summed E-state index contributed by atoms with van der Waals surface area (Å²) < 4.78 is 1.39. The van der Waals surface area contributed by atoms with Gasteiger partial charge in [0.2, 0.25) is 5.91 Å². The Morgan fingerprint density at radius 1 is 1.06 bits per heavy atom. The van der Waals surface area contributed by atoms with E-state index >= 15 is 0 Å². The summed E-state index contributed by atoms with van der Waals surface area (Å²) in [6.07, 6.45) is 6.04. The van der Waals surface area contributed by atoms with Gasteiger partial charge in [0, 0.05) is 35.8 Å². The summed E-state index contributed by atoms with van der Waals surface area (Å²) in [5, 5.41) is 8.41. The van der Waals surface area contributed by atoms with Crippen molar-refractivity contribution in [3.05, 3.63) is 80.6 Å². The second-order valence-electron chi connectivity index (χ2n) is 9.28. The first-order valence-electron chi connectivity index (χ1n) is 12.0. The van der Waals surface area contributed by atoms with Gasteiger partial charge in [0.1, 0.15) is 5.82 Å². The van der Waals surface area contributed by atoms with E-state index in [0.717, 1.165) is 42.8 Å². The Labute approximate surface area is 204 Å². The van der Waals surface area contributed by atoms with Crippen LogP contribution in [0.5, 0.6) is 0 Å². The molecule has 1 saturated heterocycles. The number of nitrogens with zero attached hydrogens (tertiary/aromatic N) is 3. The molecule has 34 heavy (non-hydrogen) atoms. The minimum Gasteiger partial charge on any atom is -0.355 e. The molecule has 0 spiro atoms. The number of halogens is 1. The molecule has 0 bridgehead atoms. The molecule has 0 unspecified atom stereocenters. The van der Waals surface area contributed by atoms with Crippen molar-refractivity contribution in [3.8, 4) is 5.69 Å². The van der Waals surface area contributed by atoms with E-state index < -0.39 is 0 Å². The molecule has 1 aliphatic carbocycles. The van der Waals surface area contributed by atoms with E-state index in [1.54, 1.807) is 12.1 Å². The van der Waals surface area contributed by atoms with Crippen molar-refractivity contribution in [3.63, 3.8) is 0 Å². The fourth-order valence-electron chi connectivity index (χ4n) is 4.97. The average molecular weight is 477 g/mol. The Morgan fingerprint density at radius 2 is 1.85 bits per heavy atom. The molecule has 6 nitrogen and oxygen atoms in total. The number of anilines is 2. The number of hydrogen-bond donors (Lipinski definition) is 1. The lowest BCUT2D eigenvalue weighted by molar-refractivity contribution is -0.120. The molecule has 1 aliphatic heterocycles.